The third-order valence-electron chi connectivity index (χ3n) is 14.9. The summed E-state index contributed by atoms with van der Waals surface area (Å²) in [6.07, 6.45) is 77.5. The van der Waals surface area contributed by atoms with Crippen molar-refractivity contribution in [2.45, 2.75) is 367 Å². The number of rotatable bonds is 61. The lowest BCUT2D eigenvalue weighted by atomic mass is 10.0. The summed E-state index contributed by atoms with van der Waals surface area (Å²) in [5, 5.41) is 0. The van der Waals surface area contributed by atoms with E-state index in [4.69, 9.17) is 14.2 Å². The molecular weight excluding hydrogens is 913 g/mol. The highest BCUT2D eigenvalue weighted by Crippen LogP contribution is 2.18. The van der Waals surface area contributed by atoms with Crippen molar-refractivity contribution >= 4 is 17.9 Å². The Kier molecular flexibility index (Phi) is 61.1. The molecule has 0 N–H and O–H groups in total. The van der Waals surface area contributed by atoms with Gasteiger partial charge in [0.15, 0.2) is 6.10 Å². The Labute approximate surface area is 461 Å². The molecule has 0 aliphatic heterocycles. The van der Waals surface area contributed by atoms with Crippen molar-refractivity contribution in [1.82, 2.24) is 0 Å². The van der Waals surface area contributed by atoms with Crippen molar-refractivity contribution < 1.29 is 28.6 Å². The highest BCUT2D eigenvalue weighted by atomic mass is 16.6. The van der Waals surface area contributed by atoms with E-state index in [-0.39, 0.29) is 31.1 Å². The van der Waals surface area contributed by atoms with E-state index in [1.165, 1.54) is 244 Å². The van der Waals surface area contributed by atoms with Gasteiger partial charge in [-0.15, -0.1) is 0 Å². The molecule has 74 heavy (non-hydrogen) atoms. The quantitative estimate of drug-likeness (QED) is 0.0261. The Morgan fingerprint density at radius 2 is 0.486 bits per heavy atom. The maximum absolute atomic E-state index is 12.9. The lowest BCUT2D eigenvalue weighted by Gasteiger charge is -2.18. The van der Waals surface area contributed by atoms with E-state index in [0.717, 1.165) is 77.0 Å². The van der Waals surface area contributed by atoms with Crippen molar-refractivity contribution in [2.24, 2.45) is 0 Å². The van der Waals surface area contributed by atoms with Gasteiger partial charge in [0.25, 0.3) is 0 Å². The van der Waals surface area contributed by atoms with E-state index >= 15 is 0 Å². The molecule has 1 unspecified atom stereocenters. The maximum Gasteiger partial charge on any atom is 0.306 e. The minimum Gasteiger partial charge on any atom is -0.462 e. The fourth-order valence-corrected chi connectivity index (χ4v) is 9.92. The second-order valence-corrected chi connectivity index (χ2v) is 22.4. The lowest BCUT2D eigenvalue weighted by molar-refractivity contribution is -0.167. The first kappa shape index (κ1) is 71.6. The van der Waals surface area contributed by atoms with Gasteiger partial charge >= 0.3 is 17.9 Å². The van der Waals surface area contributed by atoms with Crippen molar-refractivity contribution in [3.05, 3.63) is 36.5 Å². The first-order chi connectivity index (χ1) is 36.5. The van der Waals surface area contributed by atoms with Crippen molar-refractivity contribution in [3.8, 4) is 0 Å². The Morgan fingerprint density at radius 3 is 0.757 bits per heavy atom. The number of unbranched alkanes of at least 4 members (excludes halogenated alkanes) is 44. The van der Waals surface area contributed by atoms with Gasteiger partial charge in [0.2, 0.25) is 0 Å². The van der Waals surface area contributed by atoms with Crippen molar-refractivity contribution in [2.75, 3.05) is 13.2 Å². The molecule has 1 atom stereocenters. The molecule has 0 aliphatic rings. The van der Waals surface area contributed by atoms with Crippen LogP contribution in [0, 0.1) is 0 Å². The molecule has 0 fully saturated rings. The Morgan fingerprint density at radius 1 is 0.270 bits per heavy atom. The van der Waals surface area contributed by atoms with Crippen LogP contribution in [0.3, 0.4) is 0 Å². The van der Waals surface area contributed by atoms with Crippen LogP contribution in [0.25, 0.3) is 0 Å². The van der Waals surface area contributed by atoms with Crippen molar-refractivity contribution in [1.29, 1.82) is 0 Å². The smallest absolute Gasteiger partial charge is 0.306 e. The van der Waals surface area contributed by atoms with Crippen LogP contribution >= 0.6 is 0 Å². The van der Waals surface area contributed by atoms with Gasteiger partial charge in [0.05, 0.1) is 0 Å². The summed E-state index contributed by atoms with van der Waals surface area (Å²) in [4.78, 5) is 38.2. The maximum atomic E-state index is 12.9. The Hall–Kier alpha value is -2.37. The summed E-state index contributed by atoms with van der Waals surface area (Å²) in [6.45, 7) is 6.66. The molecular formula is C68H126O6. The van der Waals surface area contributed by atoms with Crippen molar-refractivity contribution in [3.63, 3.8) is 0 Å². The van der Waals surface area contributed by atoms with Crippen LogP contribution in [-0.2, 0) is 28.6 Å². The number of allylic oxidation sites excluding steroid dienone is 6. The number of hydrogen-bond donors (Lipinski definition) is 0. The molecule has 0 heterocycles. The number of carbonyl (C=O) groups is 3. The van der Waals surface area contributed by atoms with E-state index in [9.17, 15) is 14.4 Å². The zero-order chi connectivity index (χ0) is 53.6. The summed E-state index contributed by atoms with van der Waals surface area (Å²) in [6, 6.07) is 0. The van der Waals surface area contributed by atoms with Crippen LogP contribution in [0.5, 0.6) is 0 Å². The van der Waals surface area contributed by atoms with E-state index in [0.29, 0.717) is 19.3 Å². The van der Waals surface area contributed by atoms with Crippen LogP contribution < -0.4 is 0 Å². The van der Waals surface area contributed by atoms with Crippen LogP contribution in [0.2, 0.25) is 0 Å². The molecule has 0 aromatic heterocycles. The zero-order valence-electron chi connectivity index (χ0n) is 49.9. The molecule has 0 saturated carbocycles. The SMILES string of the molecule is CCCCCCC/C=C\C/C=C\C/C=C\CCCCCCCCC(=O)OC(COC(=O)CCCCCCCCCCC)COC(=O)CCCCCCCCCCCCCCCCCCCCCCCCCCCC. The van der Waals surface area contributed by atoms with Gasteiger partial charge in [-0.1, -0.05) is 320 Å². The van der Waals surface area contributed by atoms with Crippen LogP contribution in [-0.4, -0.2) is 37.2 Å². The Bertz CT molecular complexity index is 1240. The molecule has 6 heteroatoms. The predicted molar refractivity (Wildman–Crippen MR) is 321 cm³/mol. The van der Waals surface area contributed by atoms with Gasteiger partial charge in [-0.3, -0.25) is 14.4 Å². The third kappa shape index (κ3) is 60.5. The van der Waals surface area contributed by atoms with Gasteiger partial charge < -0.3 is 14.2 Å². The lowest BCUT2D eigenvalue weighted by Crippen LogP contribution is -2.30. The molecule has 0 aliphatic carbocycles. The number of ether oxygens (including phenoxy) is 3. The summed E-state index contributed by atoms with van der Waals surface area (Å²) in [7, 11) is 0. The third-order valence-corrected chi connectivity index (χ3v) is 14.9. The molecule has 0 aromatic carbocycles. The first-order valence-electron chi connectivity index (χ1n) is 33.0. The normalized spacial score (nSPS) is 12.2. The van der Waals surface area contributed by atoms with E-state index in [1.807, 2.05) is 0 Å². The molecule has 0 bridgehead atoms. The molecule has 0 amide bonds. The summed E-state index contributed by atoms with van der Waals surface area (Å²) in [5.74, 6) is -0.865. The van der Waals surface area contributed by atoms with E-state index < -0.39 is 6.10 Å². The van der Waals surface area contributed by atoms with Crippen LogP contribution in [0.15, 0.2) is 36.5 Å². The Balaban J connectivity index is 4.16. The topological polar surface area (TPSA) is 78.9 Å². The van der Waals surface area contributed by atoms with Gasteiger partial charge in [0, 0.05) is 19.3 Å². The fraction of sp³-hybridized carbons (Fsp3) is 0.868. The second kappa shape index (κ2) is 63.2. The summed E-state index contributed by atoms with van der Waals surface area (Å²) >= 11 is 0. The predicted octanol–water partition coefficient (Wildman–Crippen LogP) is 22.4. The minimum atomic E-state index is -0.775. The zero-order valence-corrected chi connectivity index (χ0v) is 49.9. The second-order valence-electron chi connectivity index (χ2n) is 22.4. The van der Waals surface area contributed by atoms with Crippen LogP contribution in [0.4, 0.5) is 0 Å². The van der Waals surface area contributed by atoms with Crippen LogP contribution in [0.1, 0.15) is 361 Å². The molecule has 0 spiro atoms. The average molecular weight is 1040 g/mol. The van der Waals surface area contributed by atoms with Gasteiger partial charge in [-0.05, 0) is 57.8 Å². The van der Waals surface area contributed by atoms with Gasteiger partial charge in [0.1, 0.15) is 13.2 Å². The number of esters is 3. The highest BCUT2D eigenvalue weighted by molar-refractivity contribution is 5.71. The molecule has 0 radical (unpaired) electrons. The highest BCUT2D eigenvalue weighted by Gasteiger charge is 2.19. The number of carbonyl (C=O) groups excluding carboxylic acids is 3. The molecule has 434 valence electrons. The standard InChI is InChI=1S/C68H126O6/c1-4-7-10-13-16-19-21-23-25-27-29-31-32-33-34-35-37-38-40-42-44-46-49-52-55-58-61-67(70)73-64-65(63-72-66(69)60-57-54-51-48-18-15-12-9-6-3)74-68(71)62-59-56-53-50-47-45-43-41-39-36-30-28-26-24-22-20-17-14-11-8-5-2/h22,24,28,30,39,41,65H,4-21,23,25-27,29,31-38,40,42-64H2,1-3H3/b24-22-,30-28-,41-39-. The minimum absolute atomic E-state index is 0.0727. The summed E-state index contributed by atoms with van der Waals surface area (Å²) in [5.41, 5.74) is 0. The first-order valence-corrected chi connectivity index (χ1v) is 33.0. The largest absolute Gasteiger partial charge is 0.462 e. The molecule has 6 nitrogen and oxygen atoms in total. The van der Waals surface area contributed by atoms with Gasteiger partial charge in [-0.25, -0.2) is 0 Å². The fourth-order valence-electron chi connectivity index (χ4n) is 9.92. The van der Waals surface area contributed by atoms with E-state index in [1.54, 1.807) is 0 Å². The molecule has 0 rings (SSSR count). The number of hydrogen-bond acceptors (Lipinski definition) is 6. The summed E-state index contributed by atoms with van der Waals surface area (Å²) < 4.78 is 16.9. The average Bonchev–Trinajstić information content (AvgIpc) is 3.40. The molecule has 0 saturated heterocycles. The monoisotopic (exact) mass is 1040 g/mol. The van der Waals surface area contributed by atoms with E-state index in [2.05, 4.69) is 57.2 Å². The van der Waals surface area contributed by atoms with Gasteiger partial charge in [-0.2, -0.15) is 0 Å². The molecule has 0 aromatic rings.